The minimum absolute atomic E-state index is 0.682. The van der Waals surface area contributed by atoms with Gasteiger partial charge >= 0.3 is 0 Å². The van der Waals surface area contributed by atoms with Crippen molar-refractivity contribution in [2.75, 3.05) is 0 Å². The highest BCUT2D eigenvalue weighted by Crippen LogP contribution is 2.37. The number of benzene rings is 2. The van der Waals surface area contributed by atoms with Crippen LogP contribution in [0.1, 0.15) is 42.4 Å². The van der Waals surface area contributed by atoms with Gasteiger partial charge in [0.1, 0.15) is 0 Å². The first-order valence-electron chi connectivity index (χ1n) is 6.69. The Morgan fingerprint density at radius 3 is 2.89 bits per heavy atom. The molecule has 0 radical (unpaired) electrons. The van der Waals surface area contributed by atoms with Crippen LogP contribution < -0.4 is 0 Å². The molecular formula is C18H18. The molecule has 1 unspecified atom stereocenters. The molecule has 1 atom stereocenters. The van der Waals surface area contributed by atoms with E-state index in [9.17, 15) is 0 Å². The lowest BCUT2D eigenvalue weighted by Gasteiger charge is -2.22. The second-order valence-electron chi connectivity index (χ2n) is 4.96. The molecule has 0 spiro atoms. The Hall–Kier alpha value is -1.82. The molecule has 0 N–H and O–H groups in total. The first kappa shape index (κ1) is 11.3. The van der Waals surface area contributed by atoms with Crippen LogP contribution >= 0.6 is 0 Å². The Kier molecular flexibility index (Phi) is 2.79. The highest BCUT2D eigenvalue weighted by atomic mass is 14.2. The zero-order valence-corrected chi connectivity index (χ0v) is 10.8. The van der Waals surface area contributed by atoms with Crippen LogP contribution in [0.2, 0.25) is 0 Å². The summed E-state index contributed by atoms with van der Waals surface area (Å²) < 4.78 is 0. The normalized spacial score (nSPS) is 17.7. The van der Waals surface area contributed by atoms with Gasteiger partial charge in [-0.2, -0.15) is 0 Å². The van der Waals surface area contributed by atoms with Crippen molar-refractivity contribution in [1.29, 1.82) is 0 Å². The molecule has 2 aromatic carbocycles. The third-order valence-electron chi connectivity index (χ3n) is 4.03. The van der Waals surface area contributed by atoms with Crippen molar-refractivity contribution in [3.8, 4) is 0 Å². The number of fused-ring (bicyclic) bond motifs is 3. The van der Waals surface area contributed by atoms with E-state index in [1.54, 1.807) is 0 Å². The van der Waals surface area contributed by atoms with Crippen molar-refractivity contribution in [3.63, 3.8) is 0 Å². The quantitative estimate of drug-likeness (QED) is 0.653. The summed E-state index contributed by atoms with van der Waals surface area (Å²) in [6.07, 6.45) is 8.94. The van der Waals surface area contributed by atoms with Gasteiger partial charge in [0.2, 0.25) is 0 Å². The monoisotopic (exact) mass is 234 g/mol. The molecule has 1 aliphatic rings. The molecule has 90 valence electrons. The number of hydrogen-bond acceptors (Lipinski definition) is 0. The summed E-state index contributed by atoms with van der Waals surface area (Å²) in [7, 11) is 0. The molecular weight excluding hydrogens is 216 g/mol. The molecule has 18 heavy (non-hydrogen) atoms. The van der Waals surface area contributed by atoms with Gasteiger partial charge in [-0.1, -0.05) is 62.1 Å². The zero-order chi connectivity index (χ0) is 12.5. The predicted octanol–water partition coefficient (Wildman–Crippen LogP) is 5.39. The Balaban J connectivity index is 2.34. The molecule has 0 nitrogen and oxygen atoms in total. The Morgan fingerprint density at radius 2 is 2.11 bits per heavy atom. The first-order valence-corrected chi connectivity index (χ1v) is 6.69. The van der Waals surface area contributed by atoms with E-state index in [4.69, 9.17) is 0 Å². The molecule has 0 heteroatoms. The molecule has 0 saturated heterocycles. The van der Waals surface area contributed by atoms with Gasteiger partial charge in [-0.05, 0) is 46.2 Å². The molecule has 1 aliphatic carbocycles. The Bertz CT molecular complexity index is 632. The van der Waals surface area contributed by atoms with Gasteiger partial charge in [0.05, 0.1) is 0 Å². The Morgan fingerprint density at radius 1 is 1.22 bits per heavy atom. The van der Waals surface area contributed by atoms with Gasteiger partial charge in [0.25, 0.3) is 0 Å². The van der Waals surface area contributed by atoms with Crippen molar-refractivity contribution in [1.82, 2.24) is 0 Å². The molecule has 0 aromatic heterocycles. The zero-order valence-electron chi connectivity index (χ0n) is 10.8. The fourth-order valence-electron chi connectivity index (χ4n) is 3.01. The van der Waals surface area contributed by atoms with Crippen LogP contribution in [0.3, 0.4) is 0 Å². The van der Waals surface area contributed by atoms with Gasteiger partial charge in [-0.3, -0.25) is 0 Å². The van der Waals surface area contributed by atoms with E-state index < -0.39 is 0 Å². The van der Waals surface area contributed by atoms with Crippen LogP contribution in [0.5, 0.6) is 0 Å². The maximum atomic E-state index is 3.91. The summed E-state index contributed by atoms with van der Waals surface area (Å²) in [6, 6.07) is 11.0. The van der Waals surface area contributed by atoms with Crippen molar-refractivity contribution in [2.45, 2.75) is 25.7 Å². The van der Waals surface area contributed by atoms with E-state index in [-0.39, 0.29) is 0 Å². The lowest BCUT2D eigenvalue weighted by molar-refractivity contribution is 0.669. The van der Waals surface area contributed by atoms with E-state index >= 15 is 0 Å². The lowest BCUT2D eigenvalue weighted by Crippen LogP contribution is -2.03. The van der Waals surface area contributed by atoms with E-state index in [1.807, 2.05) is 6.08 Å². The molecule has 0 fully saturated rings. The Labute approximate surface area is 109 Å². The average molecular weight is 234 g/mol. The van der Waals surface area contributed by atoms with Crippen LogP contribution in [-0.4, -0.2) is 0 Å². The lowest BCUT2D eigenvalue weighted by atomic mass is 9.82. The van der Waals surface area contributed by atoms with Gasteiger partial charge in [0, 0.05) is 0 Å². The second kappa shape index (κ2) is 4.45. The molecule has 0 amide bonds. The van der Waals surface area contributed by atoms with Gasteiger partial charge in [0.15, 0.2) is 0 Å². The van der Waals surface area contributed by atoms with Crippen molar-refractivity contribution in [2.24, 2.45) is 0 Å². The number of hydrogen-bond donors (Lipinski definition) is 0. The minimum atomic E-state index is 0.682. The predicted molar refractivity (Wildman–Crippen MR) is 80.7 cm³/mol. The third-order valence-corrected chi connectivity index (χ3v) is 4.03. The van der Waals surface area contributed by atoms with Crippen molar-refractivity contribution in [3.05, 3.63) is 59.7 Å². The molecule has 0 heterocycles. The van der Waals surface area contributed by atoms with Gasteiger partial charge in [-0.15, -0.1) is 0 Å². The largest absolute Gasteiger partial charge is 0.0984 e. The maximum Gasteiger partial charge on any atom is -0.0103 e. The van der Waals surface area contributed by atoms with Crippen LogP contribution in [0.15, 0.2) is 43.0 Å². The minimum Gasteiger partial charge on any atom is -0.0984 e. The average Bonchev–Trinajstić information content (AvgIpc) is 2.45. The molecule has 3 rings (SSSR count). The third kappa shape index (κ3) is 1.60. The summed E-state index contributed by atoms with van der Waals surface area (Å²) in [6.45, 7) is 6.18. The van der Waals surface area contributed by atoms with Gasteiger partial charge < -0.3 is 0 Å². The summed E-state index contributed by atoms with van der Waals surface area (Å²) >= 11 is 0. The summed E-state index contributed by atoms with van der Waals surface area (Å²) in [5, 5.41) is 2.67. The summed E-state index contributed by atoms with van der Waals surface area (Å²) in [5.74, 6) is 0.682. The van der Waals surface area contributed by atoms with Crippen LogP contribution in [0.4, 0.5) is 0 Å². The molecule has 0 saturated carbocycles. The van der Waals surface area contributed by atoms with E-state index in [2.05, 4.69) is 56.0 Å². The fraction of sp³-hybridized carbons (Fsp3) is 0.222. The standard InChI is InChI=1S/C18H18/c1-3-13-7-5-9-17-15(13)11-12-16-14(4-2)8-6-10-18(16)17/h3,5-7,9-12,14H,1,4,8H2,2H3. The molecule has 0 aliphatic heterocycles. The molecule has 0 bridgehead atoms. The number of allylic oxidation sites excluding steroid dienone is 1. The summed E-state index contributed by atoms with van der Waals surface area (Å²) in [5.41, 5.74) is 4.14. The maximum absolute atomic E-state index is 3.91. The fourth-order valence-corrected chi connectivity index (χ4v) is 3.01. The second-order valence-corrected chi connectivity index (χ2v) is 4.96. The topological polar surface area (TPSA) is 0 Å². The van der Waals surface area contributed by atoms with Crippen LogP contribution in [-0.2, 0) is 0 Å². The SMILES string of the molecule is C=Cc1cccc2c3c(ccc12)C(CC)CC=C3. The molecule has 2 aromatic rings. The van der Waals surface area contributed by atoms with Gasteiger partial charge in [-0.25, -0.2) is 0 Å². The smallest absolute Gasteiger partial charge is 0.0103 e. The summed E-state index contributed by atoms with van der Waals surface area (Å²) in [4.78, 5) is 0. The highest BCUT2D eigenvalue weighted by molar-refractivity contribution is 5.97. The van der Waals surface area contributed by atoms with E-state index in [0.29, 0.717) is 5.92 Å². The first-order chi connectivity index (χ1) is 8.85. The van der Waals surface area contributed by atoms with E-state index in [0.717, 1.165) is 0 Å². The van der Waals surface area contributed by atoms with Crippen molar-refractivity contribution >= 4 is 22.9 Å². The van der Waals surface area contributed by atoms with Crippen LogP contribution in [0.25, 0.3) is 22.9 Å². The van der Waals surface area contributed by atoms with Crippen molar-refractivity contribution < 1.29 is 0 Å². The number of rotatable bonds is 2. The highest BCUT2D eigenvalue weighted by Gasteiger charge is 2.17. The van der Waals surface area contributed by atoms with E-state index in [1.165, 1.54) is 40.3 Å². The van der Waals surface area contributed by atoms with Crippen LogP contribution in [0, 0.1) is 0 Å².